The predicted molar refractivity (Wildman–Crippen MR) is 102 cm³/mol. The van der Waals surface area contributed by atoms with Crippen molar-refractivity contribution in [2.75, 3.05) is 0 Å². The fourth-order valence-corrected chi connectivity index (χ4v) is 3.77. The number of carbonyl (C=O) groups is 1. The van der Waals surface area contributed by atoms with Gasteiger partial charge in [0, 0.05) is 6.20 Å². The number of aromatic nitrogens is 3. The summed E-state index contributed by atoms with van der Waals surface area (Å²) in [7, 11) is 0. The summed E-state index contributed by atoms with van der Waals surface area (Å²) >= 11 is 12.0. The third-order valence-electron chi connectivity index (χ3n) is 4.69. The molecule has 0 bridgehead atoms. The first-order chi connectivity index (χ1) is 13.5. The van der Waals surface area contributed by atoms with Crippen LogP contribution in [0.3, 0.4) is 0 Å². The molecule has 0 N–H and O–H groups in total. The molecule has 1 saturated heterocycles. The van der Waals surface area contributed by atoms with Crippen LogP contribution >= 0.6 is 23.2 Å². The first-order valence-electron chi connectivity index (χ1n) is 8.74. The second-order valence-corrected chi connectivity index (χ2v) is 7.09. The summed E-state index contributed by atoms with van der Waals surface area (Å²) in [5.74, 6) is -0.596. The summed E-state index contributed by atoms with van der Waals surface area (Å²) in [6.07, 6.45) is -2.20. The molecule has 1 fully saturated rings. The molecule has 3 aromatic rings. The standard InChI is InChI=1S/C19H16Cl2FN3O3/c1-2-12-14(28-18(26)10-6-4-3-5-7-10)13(22)17(27-12)25-9-8-11-15(20)23-19(21)24-16(11)25/h3-9,12-14,17H,2H2,1H3/t12-,13-,14?,17-/m1/s1. The molecule has 0 amide bonds. The number of fused-ring (bicyclic) bond motifs is 1. The van der Waals surface area contributed by atoms with E-state index < -0.39 is 30.6 Å². The lowest BCUT2D eigenvalue weighted by molar-refractivity contribution is -0.0294. The lowest BCUT2D eigenvalue weighted by Gasteiger charge is -2.18. The molecule has 28 heavy (non-hydrogen) atoms. The first kappa shape index (κ1) is 19.1. The zero-order valence-corrected chi connectivity index (χ0v) is 16.3. The predicted octanol–water partition coefficient (Wildman–Crippen LogP) is 4.61. The molecule has 9 heteroatoms. The molecule has 0 radical (unpaired) electrons. The number of halogens is 3. The van der Waals surface area contributed by atoms with Crippen molar-refractivity contribution in [2.24, 2.45) is 0 Å². The van der Waals surface area contributed by atoms with Gasteiger partial charge >= 0.3 is 5.97 Å². The molecule has 4 rings (SSSR count). The maximum Gasteiger partial charge on any atom is 0.338 e. The van der Waals surface area contributed by atoms with Gasteiger partial charge in [-0.1, -0.05) is 36.7 Å². The highest BCUT2D eigenvalue weighted by molar-refractivity contribution is 6.35. The van der Waals surface area contributed by atoms with Gasteiger partial charge in [0.05, 0.1) is 10.9 Å². The Morgan fingerprint density at radius 2 is 2.00 bits per heavy atom. The molecule has 1 aliphatic heterocycles. The van der Waals surface area contributed by atoms with E-state index in [-0.39, 0.29) is 10.4 Å². The average Bonchev–Trinajstić information content (AvgIpc) is 3.24. The molecule has 0 aliphatic carbocycles. The van der Waals surface area contributed by atoms with Crippen LogP contribution in [0.15, 0.2) is 42.6 Å². The van der Waals surface area contributed by atoms with E-state index in [4.69, 9.17) is 32.7 Å². The Balaban J connectivity index is 1.63. The zero-order chi connectivity index (χ0) is 19.8. The first-order valence-corrected chi connectivity index (χ1v) is 9.50. The van der Waals surface area contributed by atoms with Gasteiger partial charge in [0.2, 0.25) is 5.28 Å². The number of nitrogens with zero attached hydrogens (tertiary/aromatic N) is 3. The number of esters is 1. The van der Waals surface area contributed by atoms with Crippen LogP contribution in [0.25, 0.3) is 11.0 Å². The molecular weight excluding hydrogens is 408 g/mol. The van der Waals surface area contributed by atoms with Crippen LogP contribution in [0, 0.1) is 0 Å². The Labute approximate surface area is 170 Å². The van der Waals surface area contributed by atoms with Crippen molar-refractivity contribution in [3.63, 3.8) is 0 Å². The minimum absolute atomic E-state index is 0.0510. The van der Waals surface area contributed by atoms with Crippen LogP contribution < -0.4 is 0 Å². The number of ether oxygens (including phenoxy) is 2. The van der Waals surface area contributed by atoms with Gasteiger partial charge in [0.15, 0.2) is 18.5 Å². The lowest BCUT2D eigenvalue weighted by atomic mass is 10.1. The van der Waals surface area contributed by atoms with E-state index in [1.165, 1.54) is 4.57 Å². The maximum absolute atomic E-state index is 15.3. The number of rotatable bonds is 4. The minimum atomic E-state index is -1.60. The highest BCUT2D eigenvalue weighted by Gasteiger charge is 2.48. The van der Waals surface area contributed by atoms with Gasteiger partial charge in [0.1, 0.15) is 16.9 Å². The Morgan fingerprint density at radius 1 is 1.25 bits per heavy atom. The number of benzene rings is 1. The van der Waals surface area contributed by atoms with Gasteiger partial charge < -0.3 is 14.0 Å². The smallest absolute Gasteiger partial charge is 0.338 e. The highest BCUT2D eigenvalue weighted by Crippen LogP contribution is 2.38. The number of alkyl halides is 1. The lowest BCUT2D eigenvalue weighted by Crippen LogP contribution is -2.33. The molecule has 0 saturated carbocycles. The summed E-state index contributed by atoms with van der Waals surface area (Å²) < 4.78 is 28.2. The van der Waals surface area contributed by atoms with Crippen molar-refractivity contribution < 1.29 is 18.7 Å². The van der Waals surface area contributed by atoms with Crippen molar-refractivity contribution >= 4 is 40.2 Å². The average molecular weight is 424 g/mol. The monoisotopic (exact) mass is 423 g/mol. The van der Waals surface area contributed by atoms with Crippen LogP contribution in [0.4, 0.5) is 4.39 Å². The summed E-state index contributed by atoms with van der Waals surface area (Å²) in [5.41, 5.74) is 0.702. The highest BCUT2D eigenvalue weighted by atomic mass is 35.5. The van der Waals surface area contributed by atoms with Crippen LogP contribution in [-0.2, 0) is 9.47 Å². The topological polar surface area (TPSA) is 66.2 Å². The van der Waals surface area contributed by atoms with Crippen LogP contribution in [0.5, 0.6) is 0 Å². The molecule has 6 nitrogen and oxygen atoms in total. The van der Waals surface area contributed by atoms with E-state index in [0.717, 1.165) is 0 Å². The maximum atomic E-state index is 15.3. The summed E-state index contributed by atoms with van der Waals surface area (Å²) in [5, 5.41) is 0.644. The van der Waals surface area contributed by atoms with Gasteiger partial charge in [-0.2, -0.15) is 4.98 Å². The molecule has 2 aromatic heterocycles. The number of hydrogen-bond acceptors (Lipinski definition) is 5. The fourth-order valence-electron chi connectivity index (χ4n) is 3.33. The van der Waals surface area contributed by atoms with E-state index >= 15 is 4.39 Å². The van der Waals surface area contributed by atoms with Crippen molar-refractivity contribution in [3.05, 3.63) is 58.6 Å². The fraction of sp³-hybridized carbons (Fsp3) is 0.316. The van der Waals surface area contributed by atoms with Crippen molar-refractivity contribution in [2.45, 2.75) is 38.0 Å². The Bertz CT molecular complexity index is 1010. The largest absolute Gasteiger partial charge is 0.453 e. The summed E-state index contributed by atoms with van der Waals surface area (Å²) in [6.45, 7) is 1.84. The second-order valence-electron chi connectivity index (χ2n) is 6.40. The second kappa shape index (κ2) is 7.66. The normalized spacial score (nSPS) is 24.6. The van der Waals surface area contributed by atoms with E-state index in [9.17, 15) is 4.79 Å². The Morgan fingerprint density at radius 3 is 2.71 bits per heavy atom. The van der Waals surface area contributed by atoms with Crippen LogP contribution in [0.2, 0.25) is 10.4 Å². The minimum Gasteiger partial charge on any atom is -0.453 e. The molecule has 3 heterocycles. The molecule has 0 spiro atoms. The van der Waals surface area contributed by atoms with E-state index in [2.05, 4.69) is 9.97 Å². The van der Waals surface area contributed by atoms with Gasteiger partial charge in [-0.05, 0) is 36.2 Å². The van der Waals surface area contributed by atoms with Gasteiger partial charge in [-0.3, -0.25) is 0 Å². The molecular formula is C19H16Cl2FN3O3. The van der Waals surface area contributed by atoms with E-state index in [1.807, 2.05) is 6.92 Å². The quantitative estimate of drug-likeness (QED) is 0.348. The van der Waals surface area contributed by atoms with Crippen molar-refractivity contribution in [1.82, 2.24) is 14.5 Å². The van der Waals surface area contributed by atoms with E-state index in [1.54, 1.807) is 42.6 Å². The summed E-state index contributed by atoms with van der Waals surface area (Å²) in [6, 6.07) is 10.1. The Kier molecular flexibility index (Phi) is 5.23. The van der Waals surface area contributed by atoms with Crippen LogP contribution in [0.1, 0.15) is 29.9 Å². The van der Waals surface area contributed by atoms with Gasteiger partial charge in [-0.15, -0.1) is 0 Å². The summed E-state index contributed by atoms with van der Waals surface area (Å²) in [4.78, 5) is 20.4. The van der Waals surface area contributed by atoms with Gasteiger partial charge in [-0.25, -0.2) is 14.2 Å². The van der Waals surface area contributed by atoms with Crippen LogP contribution in [-0.4, -0.2) is 38.9 Å². The molecule has 146 valence electrons. The molecule has 1 aromatic carbocycles. The zero-order valence-electron chi connectivity index (χ0n) is 14.8. The molecule has 1 aliphatic rings. The van der Waals surface area contributed by atoms with E-state index in [0.29, 0.717) is 23.0 Å². The number of hydrogen-bond donors (Lipinski definition) is 0. The third-order valence-corrected chi connectivity index (χ3v) is 5.15. The Hall–Kier alpha value is -2.22. The third kappa shape index (κ3) is 3.34. The van der Waals surface area contributed by atoms with Gasteiger partial charge in [0.25, 0.3) is 0 Å². The SMILES string of the molecule is CC[C@H]1O[C@@H](n2ccc3c(Cl)nc(Cl)nc32)[C@H](F)C1OC(=O)c1ccccc1. The number of carbonyl (C=O) groups excluding carboxylic acids is 1. The van der Waals surface area contributed by atoms with Crippen molar-refractivity contribution in [3.8, 4) is 0 Å². The molecule has 1 unspecified atom stereocenters. The van der Waals surface area contributed by atoms with Crippen molar-refractivity contribution in [1.29, 1.82) is 0 Å². The molecule has 4 atom stereocenters.